The number of rotatable bonds is 12. The van der Waals surface area contributed by atoms with Gasteiger partial charge in [0.2, 0.25) is 5.91 Å². The topological polar surface area (TPSA) is 72.5 Å². The molecule has 2 unspecified atom stereocenters. The molecule has 40 heavy (non-hydrogen) atoms. The van der Waals surface area contributed by atoms with Gasteiger partial charge in [-0.1, -0.05) is 32.0 Å². The van der Waals surface area contributed by atoms with Crippen molar-refractivity contribution in [3.63, 3.8) is 0 Å². The number of hydrogen-bond donors (Lipinski definition) is 1. The maximum absolute atomic E-state index is 12.8. The minimum Gasteiger partial charge on any atom is -0.497 e. The van der Waals surface area contributed by atoms with Crippen LogP contribution in [0.25, 0.3) is 0 Å². The normalized spacial score (nSPS) is 20.9. The molecule has 1 N–H and O–H groups in total. The van der Waals surface area contributed by atoms with Crippen LogP contribution in [0.15, 0.2) is 42.5 Å². The number of carbonyl (C=O) groups excluding carboxylic acids is 1. The predicted molar refractivity (Wildman–Crippen MR) is 158 cm³/mol. The van der Waals surface area contributed by atoms with Crippen molar-refractivity contribution in [2.24, 2.45) is 5.41 Å². The van der Waals surface area contributed by atoms with Crippen molar-refractivity contribution in [1.29, 1.82) is 0 Å². The van der Waals surface area contributed by atoms with Crippen molar-refractivity contribution in [3.8, 4) is 11.5 Å². The zero-order chi connectivity index (χ0) is 28.7. The predicted octanol–water partition coefficient (Wildman–Crippen LogP) is 4.47. The first kappa shape index (κ1) is 30.2. The number of nitrogens with zero attached hydrogens (tertiary/aromatic N) is 2. The van der Waals surface area contributed by atoms with Crippen LogP contribution in [-0.4, -0.2) is 84.1 Å². The number of amides is 1. The van der Waals surface area contributed by atoms with Gasteiger partial charge < -0.3 is 34.1 Å². The average Bonchev–Trinajstić information content (AvgIpc) is 2.96. The Bertz CT molecular complexity index is 1100. The quantitative estimate of drug-likeness (QED) is 0.389. The minimum absolute atomic E-state index is 0.00222. The molecule has 4 rings (SSSR count). The Morgan fingerprint density at radius 3 is 2.62 bits per heavy atom. The second-order valence-electron chi connectivity index (χ2n) is 11.8. The van der Waals surface area contributed by atoms with E-state index in [1.807, 2.05) is 40.1 Å². The molecule has 1 saturated heterocycles. The lowest BCUT2D eigenvalue weighted by Crippen LogP contribution is -2.50. The SMILES string of the molecule is COCCCN1CCOc2ccc(CO[C@H]3CNC(CC(C)(C)C(=O)N(C)C)CC3c3ccc(OC)cc3)cc21. The summed E-state index contributed by atoms with van der Waals surface area (Å²) in [4.78, 5) is 16.9. The molecule has 220 valence electrons. The zero-order valence-corrected chi connectivity index (χ0v) is 25.1. The molecule has 2 aliphatic heterocycles. The summed E-state index contributed by atoms with van der Waals surface area (Å²) in [5.41, 5.74) is 3.05. The Labute approximate surface area is 239 Å². The van der Waals surface area contributed by atoms with Gasteiger partial charge in [0.05, 0.1) is 32.1 Å². The Hall–Kier alpha value is -2.81. The van der Waals surface area contributed by atoms with E-state index in [1.165, 1.54) is 5.56 Å². The number of hydrogen-bond acceptors (Lipinski definition) is 7. The van der Waals surface area contributed by atoms with Crippen LogP contribution in [-0.2, 0) is 20.9 Å². The van der Waals surface area contributed by atoms with Crippen LogP contribution in [0.1, 0.15) is 50.2 Å². The van der Waals surface area contributed by atoms with E-state index in [4.69, 9.17) is 18.9 Å². The van der Waals surface area contributed by atoms with Crippen molar-refractivity contribution in [2.45, 2.75) is 57.8 Å². The number of methoxy groups -OCH3 is 2. The Morgan fingerprint density at radius 1 is 1.15 bits per heavy atom. The summed E-state index contributed by atoms with van der Waals surface area (Å²) >= 11 is 0. The fourth-order valence-corrected chi connectivity index (χ4v) is 6.05. The van der Waals surface area contributed by atoms with Crippen molar-refractivity contribution < 1.29 is 23.7 Å². The third-order valence-corrected chi connectivity index (χ3v) is 8.10. The summed E-state index contributed by atoms with van der Waals surface area (Å²) in [7, 11) is 7.09. The van der Waals surface area contributed by atoms with Crippen molar-refractivity contribution >= 4 is 11.6 Å². The first-order chi connectivity index (χ1) is 19.2. The van der Waals surface area contributed by atoms with Crippen molar-refractivity contribution in [3.05, 3.63) is 53.6 Å². The fraction of sp³-hybridized carbons (Fsp3) is 0.594. The molecule has 8 heteroatoms. The van der Waals surface area contributed by atoms with E-state index < -0.39 is 5.41 Å². The highest BCUT2D eigenvalue weighted by atomic mass is 16.5. The second kappa shape index (κ2) is 13.7. The smallest absolute Gasteiger partial charge is 0.227 e. The van der Waals surface area contributed by atoms with Gasteiger partial charge in [-0.05, 0) is 54.7 Å². The van der Waals surface area contributed by atoms with Gasteiger partial charge in [0.15, 0.2) is 0 Å². The third kappa shape index (κ3) is 7.47. The van der Waals surface area contributed by atoms with E-state index in [0.29, 0.717) is 13.2 Å². The van der Waals surface area contributed by atoms with Gasteiger partial charge >= 0.3 is 0 Å². The number of nitrogens with one attached hydrogen (secondary N) is 1. The molecule has 3 atom stereocenters. The van der Waals surface area contributed by atoms with E-state index in [1.54, 1.807) is 19.1 Å². The maximum atomic E-state index is 12.8. The summed E-state index contributed by atoms with van der Waals surface area (Å²) in [6.07, 6.45) is 2.65. The van der Waals surface area contributed by atoms with E-state index >= 15 is 0 Å². The monoisotopic (exact) mass is 553 g/mol. The molecular weight excluding hydrogens is 506 g/mol. The third-order valence-electron chi connectivity index (χ3n) is 8.10. The van der Waals surface area contributed by atoms with Crippen molar-refractivity contribution in [2.75, 3.05) is 66.1 Å². The van der Waals surface area contributed by atoms with Crippen LogP contribution in [0.5, 0.6) is 11.5 Å². The standard InChI is InChI=1S/C32H47N3O5/c1-32(2,31(36)34(3)4)20-25-19-27(24-9-11-26(38-6)12-10-24)30(21-33-25)40-22-23-8-13-29-28(18-23)35(15-17-39-29)14-7-16-37-5/h8-13,18,25,27,30,33H,7,14-17,19-22H2,1-6H3/t25?,27?,30-/m0/s1. The van der Waals surface area contributed by atoms with Crippen LogP contribution >= 0.6 is 0 Å². The van der Waals surface area contributed by atoms with Gasteiger partial charge in [-0.2, -0.15) is 0 Å². The summed E-state index contributed by atoms with van der Waals surface area (Å²) in [5.74, 6) is 2.13. The van der Waals surface area contributed by atoms with Gasteiger partial charge in [-0.3, -0.25) is 4.79 Å². The summed E-state index contributed by atoms with van der Waals surface area (Å²) in [6.45, 7) is 8.60. The first-order valence-electron chi connectivity index (χ1n) is 14.4. The number of anilines is 1. The Balaban J connectivity index is 1.47. The van der Waals surface area contributed by atoms with Crippen LogP contribution < -0.4 is 19.7 Å². The molecule has 0 radical (unpaired) electrons. The number of ether oxygens (including phenoxy) is 4. The molecule has 1 fully saturated rings. The molecule has 0 saturated carbocycles. The first-order valence-corrected chi connectivity index (χ1v) is 14.4. The number of fused-ring (bicyclic) bond motifs is 1. The molecule has 0 bridgehead atoms. The second-order valence-corrected chi connectivity index (χ2v) is 11.8. The molecule has 2 aromatic carbocycles. The molecule has 8 nitrogen and oxygen atoms in total. The largest absolute Gasteiger partial charge is 0.497 e. The highest BCUT2D eigenvalue weighted by Crippen LogP contribution is 2.37. The number of benzene rings is 2. The van der Waals surface area contributed by atoms with Gasteiger partial charge in [0, 0.05) is 58.3 Å². The molecule has 0 aromatic heterocycles. The van der Waals surface area contributed by atoms with Crippen molar-refractivity contribution in [1.82, 2.24) is 10.2 Å². The average molecular weight is 554 g/mol. The van der Waals surface area contributed by atoms with Crippen LogP contribution in [0.3, 0.4) is 0 Å². The summed E-state index contributed by atoms with van der Waals surface area (Å²) < 4.78 is 23.2. The number of carbonyl (C=O) groups is 1. The van der Waals surface area contributed by atoms with E-state index in [-0.39, 0.29) is 24.0 Å². The lowest BCUT2D eigenvalue weighted by atomic mass is 9.77. The van der Waals surface area contributed by atoms with Gasteiger partial charge in [-0.15, -0.1) is 0 Å². The summed E-state index contributed by atoms with van der Waals surface area (Å²) in [6, 6.07) is 14.9. The fourth-order valence-electron chi connectivity index (χ4n) is 6.05. The van der Waals surface area contributed by atoms with Gasteiger partial charge in [-0.25, -0.2) is 0 Å². The molecule has 1 amide bonds. The van der Waals surface area contributed by atoms with Crippen LogP contribution in [0.2, 0.25) is 0 Å². The number of piperidine rings is 1. The lowest BCUT2D eigenvalue weighted by molar-refractivity contribution is -0.138. The molecule has 0 aliphatic carbocycles. The zero-order valence-electron chi connectivity index (χ0n) is 25.1. The minimum atomic E-state index is -0.445. The highest BCUT2D eigenvalue weighted by molar-refractivity contribution is 5.81. The van der Waals surface area contributed by atoms with E-state index in [2.05, 4.69) is 40.5 Å². The molecule has 0 spiro atoms. The molecule has 2 aliphatic rings. The Morgan fingerprint density at radius 2 is 1.93 bits per heavy atom. The van der Waals surface area contributed by atoms with E-state index in [9.17, 15) is 4.79 Å². The maximum Gasteiger partial charge on any atom is 0.227 e. The van der Waals surface area contributed by atoms with Crippen LogP contribution in [0, 0.1) is 5.41 Å². The van der Waals surface area contributed by atoms with E-state index in [0.717, 1.165) is 68.3 Å². The van der Waals surface area contributed by atoms with Crippen LogP contribution in [0.4, 0.5) is 5.69 Å². The molecular formula is C32H47N3O5. The Kier molecular flexibility index (Phi) is 10.3. The lowest BCUT2D eigenvalue weighted by Gasteiger charge is -2.40. The summed E-state index contributed by atoms with van der Waals surface area (Å²) in [5, 5.41) is 3.70. The van der Waals surface area contributed by atoms with Gasteiger partial charge in [0.25, 0.3) is 0 Å². The molecule has 2 aromatic rings. The van der Waals surface area contributed by atoms with Gasteiger partial charge in [0.1, 0.15) is 18.1 Å². The molecule has 2 heterocycles. The highest BCUT2D eigenvalue weighted by Gasteiger charge is 2.38.